The minimum Gasteiger partial charge on any atom is -0.309 e. The highest BCUT2D eigenvalue weighted by Crippen LogP contribution is 2.29. The summed E-state index contributed by atoms with van der Waals surface area (Å²) in [6.45, 7) is 3.65. The highest BCUT2D eigenvalue weighted by atomic mass is 32.2. The summed E-state index contributed by atoms with van der Waals surface area (Å²) in [6, 6.07) is 0. The van der Waals surface area contributed by atoms with Crippen LogP contribution in [0.2, 0.25) is 0 Å². The average Bonchev–Trinajstić information content (AvgIpc) is 2.79. The molecule has 0 bridgehead atoms. The molecule has 2 rings (SSSR count). The predicted molar refractivity (Wildman–Crippen MR) is 67.9 cm³/mol. The van der Waals surface area contributed by atoms with Gasteiger partial charge in [0.25, 0.3) is 0 Å². The van der Waals surface area contributed by atoms with Crippen LogP contribution in [0.25, 0.3) is 0 Å². The van der Waals surface area contributed by atoms with Gasteiger partial charge in [-0.25, -0.2) is 8.42 Å². The molecule has 1 fully saturated rings. The summed E-state index contributed by atoms with van der Waals surface area (Å²) in [5.41, 5.74) is 0. The molecule has 1 atom stereocenters. The summed E-state index contributed by atoms with van der Waals surface area (Å²) >= 11 is 1.55. The quantitative estimate of drug-likeness (QED) is 0.605. The van der Waals surface area contributed by atoms with Crippen molar-refractivity contribution in [3.8, 4) is 0 Å². The van der Waals surface area contributed by atoms with Crippen molar-refractivity contribution < 1.29 is 8.42 Å². The molecule has 1 aliphatic rings. The molecule has 0 spiro atoms. The van der Waals surface area contributed by atoms with Gasteiger partial charge in [0.1, 0.15) is 5.82 Å². The lowest BCUT2D eigenvalue weighted by molar-refractivity contribution is 0.599. The molecule has 0 aliphatic carbocycles. The van der Waals surface area contributed by atoms with Gasteiger partial charge in [-0.05, 0) is 6.42 Å². The molecule has 0 amide bonds. The molecular formula is C10H15N3O2S2. The third-order valence-corrected chi connectivity index (χ3v) is 5.58. The summed E-state index contributed by atoms with van der Waals surface area (Å²) in [6.07, 6.45) is 2.46. The van der Waals surface area contributed by atoms with Crippen molar-refractivity contribution in [1.29, 1.82) is 0 Å². The third kappa shape index (κ3) is 2.71. The van der Waals surface area contributed by atoms with E-state index in [4.69, 9.17) is 0 Å². The number of aromatic nitrogens is 3. The molecule has 0 radical (unpaired) electrons. The smallest absolute Gasteiger partial charge is 0.191 e. The molecule has 1 aromatic rings. The van der Waals surface area contributed by atoms with Crippen LogP contribution in [0.15, 0.2) is 17.8 Å². The molecule has 1 aromatic heterocycles. The van der Waals surface area contributed by atoms with Crippen molar-refractivity contribution in [2.75, 3.05) is 17.3 Å². The Morgan fingerprint density at radius 3 is 2.94 bits per heavy atom. The molecule has 5 nitrogen and oxygen atoms in total. The van der Waals surface area contributed by atoms with E-state index in [1.165, 1.54) is 0 Å². The lowest BCUT2D eigenvalue weighted by Crippen LogP contribution is -2.09. The standard InChI is InChI=1S/C10H15N3O2S2/c1-3-5-16-10-12-11-9(13(10)2)8-4-6-17(14,15)7-8/h3,8H,1,4-7H2,2H3/t8-/m1/s1. The molecule has 1 saturated heterocycles. The predicted octanol–water partition coefficient (Wildman–Crippen LogP) is 0.995. The first-order chi connectivity index (χ1) is 8.03. The van der Waals surface area contributed by atoms with E-state index in [1.807, 2.05) is 11.6 Å². The Labute approximate surface area is 105 Å². The number of nitrogens with zero attached hydrogens (tertiary/aromatic N) is 3. The first-order valence-electron chi connectivity index (χ1n) is 5.37. The summed E-state index contributed by atoms with van der Waals surface area (Å²) < 4.78 is 24.7. The normalized spacial score (nSPS) is 22.8. The van der Waals surface area contributed by atoms with Crippen molar-refractivity contribution in [3.63, 3.8) is 0 Å². The van der Waals surface area contributed by atoms with E-state index in [9.17, 15) is 8.42 Å². The molecule has 17 heavy (non-hydrogen) atoms. The number of hydrogen-bond donors (Lipinski definition) is 0. The van der Waals surface area contributed by atoms with Gasteiger partial charge in [-0.3, -0.25) is 0 Å². The van der Waals surface area contributed by atoms with Gasteiger partial charge in [0.2, 0.25) is 0 Å². The third-order valence-electron chi connectivity index (χ3n) is 2.80. The summed E-state index contributed by atoms with van der Waals surface area (Å²) in [5.74, 6) is 2.01. The van der Waals surface area contributed by atoms with Crippen LogP contribution in [0.3, 0.4) is 0 Å². The molecule has 0 unspecified atom stereocenters. The number of sulfone groups is 1. The Kier molecular flexibility index (Phi) is 3.58. The lowest BCUT2D eigenvalue weighted by atomic mass is 10.1. The molecule has 0 saturated carbocycles. The van der Waals surface area contributed by atoms with Crippen LogP contribution in [0.5, 0.6) is 0 Å². The number of rotatable bonds is 4. The summed E-state index contributed by atoms with van der Waals surface area (Å²) in [4.78, 5) is 0. The molecule has 2 heterocycles. The molecule has 0 N–H and O–H groups in total. The van der Waals surface area contributed by atoms with Gasteiger partial charge < -0.3 is 4.57 Å². The van der Waals surface area contributed by atoms with Crippen molar-refractivity contribution >= 4 is 21.6 Å². The maximum Gasteiger partial charge on any atom is 0.191 e. The number of hydrogen-bond acceptors (Lipinski definition) is 5. The van der Waals surface area contributed by atoms with Gasteiger partial charge >= 0.3 is 0 Å². The lowest BCUT2D eigenvalue weighted by Gasteiger charge is -2.07. The van der Waals surface area contributed by atoms with Crippen LogP contribution in [0, 0.1) is 0 Å². The van der Waals surface area contributed by atoms with Gasteiger partial charge in [0.15, 0.2) is 15.0 Å². The first-order valence-corrected chi connectivity index (χ1v) is 8.17. The van der Waals surface area contributed by atoms with E-state index < -0.39 is 9.84 Å². The van der Waals surface area contributed by atoms with Crippen molar-refractivity contribution in [2.24, 2.45) is 7.05 Å². The maximum atomic E-state index is 11.4. The topological polar surface area (TPSA) is 64.8 Å². The fourth-order valence-corrected chi connectivity index (χ4v) is 4.33. The van der Waals surface area contributed by atoms with E-state index >= 15 is 0 Å². The van der Waals surface area contributed by atoms with E-state index in [1.54, 1.807) is 17.8 Å². The zero-order chi connectivity index (χ0) is 12.5. The van der Waals surface area contributed by atoms with E-state index in [2.05, 4.69) is 16.8 Å². The van der Waals surface area contributed by atoms with Crippen LogP contribution in [-0.4, -0.2) is 40.4 Å². The Hall–Kier alpha value is -0.820. The monoisotopic (exact) mass is 273 g/mol. The molecule has 1 aliphatic heterocycles. The van der Waals surface area contributed by atoms with Crippen molar-refractivity contribution in [3.05, 3.63) is 18.5 Å². The van der Waals surface area contributed by atoms with Crippen molar-refractivity contribution in [1.82, 2.24) is 14.8 Å². The van der Waals surface area contributed by atoms with Crippen LogP contribution in [0.1, 0.15) is 18.2 Å². The van der Waals surface area contributed by atoms with E-state index in [0.29, 0.717) is 6.42 Å². The largest absolute Gasteiger partial charge is 0.309 e. The van der Waals surface area contributed by atoms with Crippen molar-refractivity contribution in [2.45, 2.75) is 17.5 Å². The second-order valence-corrected chi connectivity index (χ2v) is 7.32. The van der Waals surface area contributed by atoms with Crippen LogP contribution < -0.4 is 0 Å². The second-order valence-electron chi connectivity index (χ2n) is 4.10. The Morgan fingerprint density at radius 2 is 2.35 bits per heavy atom. The second kappa shape index (κ2) is 4.81. The van der Waals surface area contributed by atoms with Gasteiger partial charge in [-0.2, -0.15) is 0 Å². The molecule has 0 aromatic carbocycles. The fourth-order valence-electron chi connectivity index (χ4n) is 1.94. The van der Waals surface area contributed by atoms with Gasteiger partial charge in [0.05, 0.1) is 11.5 Å². The van der Waals surface area contributed by atoms with Gasteiger partial charge in [-0.1, -0.05) is 17.8 Å². The SMILES string of the molecule is C=CCSc1nnc([C@@H]2CCS(=O)(=O)C2)n1C. The molecular weight excluding hydrogens is 258 g/mol. The molecule has 94 valence electrons. The molecule has 7 heteroatoms. The van der Waals surface area contributed by atoms with E-state index in [0.717, 1.165) is 16.7 Å². The van der Waals surface area contributed by atoms with Gasteiger partial charge in [-0.15, -0.1) is 16.8 Å². The number of thioether (sulfide) groups is 1. The average molecular weight is 273 g/mol. The summed E-state index contributed by atoms with van der Waals surface area (Å²) in [7, 11) is -0.991. The van der Waals surface area contributed by atoms with E-state index in [-0.39, 0.29) is 17.4 Å². The Balaban J connectivity index is 2.17. The zero-order valence-electron chi connectivity index (χ0n) is 9.66. The van der Waals surface area contributed by atoms with Crippen LogP contribution >= 0.6 is 11.8 Å². The zero-order valence-corrected chi connectivity index (χ0v) is 11.3. The van der Waals surface area contributed by atoms with Gasteiger partial charge in [0, 0.05) is 18.7 Å². The fraction of sp³-hybridized carbons (Fsp3) is 0.600. The van der Waals surface area contributed by atoms with Crippen LogP contribution in [0.4, 0.5) is 0 Å². The minimum absolute atomic E-state index is 0.00409. The highest BCUT2D eigenvalue weighted by Gasteiger charge is 2.32. The highest BCUT2D eigenvalue weighted by molar-refractivity contribution is 7.99. The maximum absolute atomic E-state index is 11.4. The summed E-state index contributed by atoms with van der Waals surface area (Å²) in [5, 5.41) is 9.00. The minimum atomic E-state index is -2.87. The Morgan fingerprint density at radius 1 is 1.59 bits per heavy atom. The Bertz CT molecular complexity index is 522. The van der Waals surface area contributed by atoms with Crippen LogP contribution in [-0.2, 0) is 16.9 Å². The first kappa shape index (κ1) is 12.6.